The Kier molecular flexibility index (Phi) is 3.07. The van der Waals surface area contributed by atoms with Crippen molar-refractivity contribution in [3.8, 4) is 5.75 Å². The van der Waals surface area contributed by atoms with Gasteiger partial charge in [-0.1, -0.05) is 25.1 Å². The van der Waals surface area contributed by atoms with Crippen LogP contribution < -0.4 is 4.74 Å². The Morgan fingerprint density at radius 3 is 2.79 bits per heavy atom. The summed E-state index contributed by atoms with van der Waals surface area (Å²) in [7, 11) is 1.62. The minimum Gasteiger partial charge on any atom is -0.497 e. The summed E-state index contributed by atoms with van der Waals surface area (Å²) in [5.41, 5.74) is 1.98. The molecule has 0 saturated carbocycles. The lowest BCUT2D eigenvalue weighted by Gasteiger charge is -2.37. The number of benzene rings is 2. The van der Waals surface area contributed by atoms with Crippen LogP contribution in [0.1, 0.15) is 35.7 Å². The average Bonchev–Trinajstić information content (AvgIpc) is 2.90. The molecule has 1 N–H and O–H groups in total. The van der Waals surface area contributed by atoms with Crippen LogP contribution in [0.5, 0.6) is 5.75 Å². The number of ether oxygens (including phenoxy) is 1. The van der Waals surface area contributed by atoms with Crippen LogP contribution in [0.2, 0.25) is 0 Å². The summed E-state index contributed by atoms with van der Waals surface area (Å²) < 4.78 is 5.26. The van der Waals surface area contributed by atoms with Crippen molar-refractivity contribution in [3.63, 3.8) is 0 Å². The molecule has 0 radical (unpaired) electrons. The highest BCUT2D eigenvalue weighted by molar-refractivity contribution is 6.15. The molecule has 0 aliphatic heterocycles. The first-order chi connectivity index (χ1) is 11.5. The number of Topliss-reactive ketones (excluding diaryl/α,β-unsaturated/α-hetero) is 1. The fraction of sp³-hybridized carbons (Fsp3) is 0.300. The molecule has 4 rings (SSSR count). The predicted octanol–water partition coefficient (Wildman–Crippen LogP) is 3.93. The molecular weight excluding hydrogens is 304 g/mol. The normalized spacial score (nSPS) is 25.2. The van der Waals surface area contributed by atoms with Gasteiger partial charge in [-0.25, -0.2) is 0 Å². The quantitative estimate of drug-likeness (QED) is 0.910. The number of hydrogen-bond donors (Lipinski definition) is 1. The highest BCUT2D eigenvalue weighted by Gasteiger charge is 2.50. The van der Waals surface area contributed by atoms with Crippen molar-refractivity contribution in [1.29, 1.82) is 0 Å². The first-order valence-electron chi connectivity index (χ1n) is 8.03. The molecule has 0 fully saturated rings. The molecule has 2 aromatic rings. The maximum absolute atomic E-state index is 12.9. The number of methoxy groups -OCH3 is 1. The van der Waals surface area contributed by atoms with Gasteiger partial charge in [0.05, 0.1) is 13.0 Å². The topological polar surface area (TPSA) is 63.6 Å². The van der Waals surface area contributed by atoms with Gasteiger partial charge in [-0.3, -0.25) is 9.59 Å². The number of hydrogen-bond acceptors (Lipinski definition) is 3. The number of carbonyl (C=O) groups is 2. The van der Waals surface area contributed by atoms with E-state index >= 15 is 0 Å². The zero-order valence-electron chi connectivity index (χ0n) is 13.6. The molecule has 2 aliphatic rings. The molecule has 0 aromatic heterocycles. The van der Waals surface area contributed by atoms with Crippen LogP contribution in [0.25, 0.3) is 16.3 Å². The van der Waals surface area contributed by atoms with Crippen molar-refractivity contribution in [1.82, 2.24) is 0 Å². The van der Waals surface area contributed by atoms with E-state index in [-0.39, 0.29) is 12.2 Å². The Bertz CT molecular complexity index is 925. The molecule has 0 heterocycles. The molecule has 0 bridgehead atoms. The lowest BCUT2D eigenvalue weighted by atomic mass is 9.64. The number of fused-ring (bicyclic) bond motifs is 5. The van der Waals surface area contributed by atoms with Crippen LogP contribution in [0.4, 0.5) is 0 Å². The van der Waals surface area contributed by atoms with E-state index in [1.165, 1.54) is 0 Å². The van der Waals surface area contributed by atoms with E-state index in [1.807, 2.05) is 43.3 Å². The smallest absolute Gasteiger partial charge is 0.307 e. The molecule has 2 aromatic carbocycles. The predicted molar refractivity (Wildman–Crippen MR) is 91.3 cm³/mol. The van der Waals surface area contributed by atoms with Crippen LogP contribution in [0.3, 0.4) is 0 Å². The number of ketones is 1. The van der Waals surface area contributed by atoms with Gasteiger partial charge in [0.25, 0.3) is 0 Å². The Labute approximate surface area is 139 Å². The van der Waals surface area contributed by atoms with Gasteiger partial charge >= 0.3 is 5.97 Å². The van der Waals surface area contributed by atoms with E-state index in [0.29, 0.717) is 12.0 Å². The Balaban J connectivity index is 1.95. The standard InChI is InChI=1S/C20H18O4/c1-20-10-17(21)18-13-6-4-12(24-2)9-11(13)3-5-14(18)15(20)7-8-16(20)19(22)23/h3-7,9,16H,8,10H2,1-2H3,(H,22,23)/t16-,20+/m1/s1. The number of allylic oxidation sites excluding steroid dienone is 2. The minimum absolute atomic E-state index is 0.0218. The first-order valence-corrected chi connectivity index (χ1v) is 8.03. The van der Waals surface area contributed by atoms with Crippen molar-refractivity contribution >= 4 is 28.1 Å². The third kappa shape index (κ3) is 1.86. The number of carboxylic acids is 1. The molecule has 122 valence electrons. The molecule has 0 unspecified atom stereocenters. The Morgan fingerprint density at radius 1 is 1.29 bits per heavy atom. The molecule has 4 nitrogen and oxygen atoms in total. The highest BCUT2D eigenvalue weighted by atomic mass is 16.5. The van der Waals surface area contributed by atoms with E-state index in [4.69, 9.17) is 4.74 Å². The monoisotopic (exact) mass is 322 g/mol. The molecule has 2 atom stereocenters. The molecule has 0 saturated heterocycles. The van der Waals surface area contributed by atoms with Crippen LogP contribution in [0.15, 0.2) is 36.4 Å². The Morgan fingerprint density at radius 2 is 2.08 bits per heavy atom. The summed E-state index contributed by atoms with van der Waals surface area (Å²) in [5, 5.41) is 11.4. The van der Waals surface area contributed by atoms with Crippen molar-refractivity contribution < 1.29 is 19.4 Å². The van der Waals surface area contributed by atoms with Gasteiger partial charge in [0.2, 0.25) is 0 Å². The molecule has 24 heavy (non-hydrogen) atoms. The Hall–Kier alpha value is -2.62. The SMILES string of the molecule is COc1ccc2c3c(ccc2c1)C1=CC[C@H](C(=O)O)[C@@]1(C)CC3=O. The lowest BCUT2D eigenvalue weighted by Crippen LogP contribution is -2.36. The van der Waals surface area contributed by atoms with Gasteiger partial charge in [0, 0.05) is 17.4 Å². The van der Waals surface area contributed by atoms with Gasteiger partial charge in [-0.2, -0.15) is 0 Å². The largest absolute Gasteiger partial charge is 0.497 e. The number of aliphatic carboxylic acids is 1. The van der Waals surface area contributed by atoms with Crippen LogP contribution in [-0.2, 0) is 4.79 Å². The van der Waals surface area contributed by atoms with Crippen molar-refractivity contribution in [2.24, 2.45) is 11.3 Å². The molecule has 0 spiro atoms. The maximum atomic E-state index is 12.9. The average molecular weight is 322 g/mol. The molecule has 4 heteroatoms. The summed E-state index contributed by atoms with van der Waals surface area (Å²) in [5.74, 6) is -0.586. The van der Waals surface area contributed by atoms with E-state index < -0.39 is 17.3 Å². The number of rotatable bonds is 2. The lowest BCUT2D eigenvalue weighted by molar-refractivity contribution is -0.144. The van der Waals surface area contributed by atoms with E-state index in [0.717, 1.165) is 27.7 Å². The fourth-order valence-corrected chi connectivity index (χ4v) is 4.31. The van der Waals surface area contributed by atoms with Gasteiger partial charge in [-0.15, -0.1) is 0 Å². The highest BCUT2D eigenvalue weighted by Crippen LogP contribution is 2.55. The molecule has 0 amide bonds. The second-order valence-electron chi connectivity index (χ2n) is 6.84. The van der Waals surface area contributed by atoms with Crippen LogP contribution in [-0.4, -0.2) is 24.0 Å². The second kappa shape index (κ2) is 4.94. The van der Waals surface area contributed by atoms with E-state index in [2.05, 4.69) is 0 Å². The van der Waals surface area contributed by atoms with Crippen molar-refractivity contribution in [2.75, 3.05) is 7.11 Å². The van der Waals surface area contributed by atoms with E-state index in [9.17, 15) is 14.7 Å². The fourth-order valence-electron chi connectivity index (χ4n) is 4.31. The van der Waals surface area contributed by atoms with Crippen LogP contribution in [0, 0.1) is 11.3 Å². The number of carbonyl (C=O) groups excluding carboxylic acids is 1. The van der Waals surface area contributed by atoms with Crippen molar-refractivity contribution in [3.05, 3.63) is 47.5 Å². The second-order valence-corrected chi connectivity index (χ2v) is 6.84. The third-order valence-electron chi connectivity index (χ3n) is 5.56. The van der Waals surface area contributed by atoms with Gasteiger partial charge in [0.1, 0.15) is 5.75 Å². The summed E-state index contributed by atoms with van der Waals surface area (Å²) in [6, 6.07) is 9.61. The zero-order chi connectivity index (χ0) is 17.1. The minimum atomic E-state index is -0.828. The van der Waals surface area contributed by atoms with Crippen molar-refractivity contribution in [2.45, 2.75) is 19.8 Å². The van der Waals surface area contributed by atoms with E-state index in [1.54, 1.807) is 7.11 Å². The maximum Gasteiger partial charge on any atom is 0.307 e. The number of carboxylic acid groups (broad SMARTS) is 1. The molecule has 2 aliphatic carbocycles. The van der Waals surface area contributed by atoms with Gasteiger partial charge < -0.3 is 9.84 Å². The third-order valence-corrected chi connectivity index (χ3v) is 5.56. The zero-order valence-corrected chi connectivity index (χ0v) is 13.6. The summed E-state index contributed by atoms with van der Waals surface area (Å²) in [6.45, 7) is 1.91. The summed E-state index contributed by atoms with van der Waals surface area (Å²) in [4.78, 5) is 24.5. The van der Waals surface area contributed by atoms with Gasteiger partial charge in [-0.05, 0) is 46.5 Å². The first kappa shape index (κ1) is 14.9. The van der Waals surface area contributed by atoms with Crippen LogP contribution >= 0.6 is 0 Å². The van der Waals surface area contributed by atoms with Gasteiger partial charge in [0.15, 0.2) is 5.78 Å². The summed E-state index contributed by atoms with van der Waals surface area (Å²) in [6.07, 6.45) is 2.72. The molecular formula is C20H18O4. The summed E-state index contributed by atoms with van der Waals surface area (Å²) >= 11 is 0.